The zero-order valence-electron chi connectivity index (χ0n) is 14.3. The van der Waals surface area contributed by atoms with Crippen molar-refractivity contribution in [2.24, 2.45) is 5.92 Å². The molecule has 0 unspecified atom stereocenters. The van der Waals surface area contributed by atoms with Crippen LogP contribution in [0.3, 0.4) is 0 Å². The maximum Gasteiger partial charge on any atom is 0.308 e. The summed E-state index contributed by atoms with van der Waals surface area (Å²) in [6.45, 7) is 2.65. The molecule has 6 heteroatoms. The van der Waals surface area contributed by atoms with E-state index < -0.39 is 11.9 Å². The quantitative estimate of drug-likeness (QED) is 0.890. The highest BCUT2D eigenvalue weighted by molar-refractivity contribution is 7.10. The number of para-hydroxylation sites is 1. The molecule has 25 heavy (non-hydrogen) atoms. The first-order valence-electron chi connectivity index (χ1n) is 8.27. The van der Waals surface area contributed by atoms with E-state index >= 15 is 0 Å². The lowest BCUT2D eigenvalue weighted by Gasteiger charge is -2.18. The number of carboxylic acid groups (broad SMARTS) is 1. The van der Waals surface area contributed by atoms with Crippen molar-refractivity contribution < 1.29 is 19.4 Å². The Morgan fingerprint density at radius 2 is 2.08 bits per heavy atom. The number of hydrogen-bond donors (Lipinski definition) is 1. The summed E-state index contributed by atoms with van der Waals surface area (Å²) in [4.78, 5) is 27.3. The van der Waals surface area contributed by atoms with Crippen LogP contribution in [0, 0.1) is 5.92 Å². The largest absolute Gasteiger partial charge is 0.496 e. The number of aryl methyl sites for hydroxylation is 1. The minimum Gasteiger partial charge on any atom is -0.496 e. The molecular weight excluding hydrogens is 338 g/mol. The van der Waals surface area contributed by atoms with E-state index in [2.05, 4.69) is 0 Å². The lowest BCUT2D eigenvalue weighted by Crippen LogP contribution is -2.29. The second kappa shape index (κ2) is 7.27. The second-order valence-electron chi connectivity index (χ2n) is 6.16. The molecule has 0 spiro atoms. The third-order valence-electron chi connectivity index (χ3n) is 4.71. The lowest BCUT2D eigenvalue weighted by molar-refractivity contribution is -0.141. The summed E-state index contributed by atoms with van der Waals surface area (Å²) < 4.78 is 5.39. The van der Waals surface area contributed by atoms with Crippen molar-refractivity contribution in [3.05, 3.63) is 51.7 Å². The van der Waals surface area contributed by atoms with Gasteiger partial charge in [0.25, 0.3) is 5.91 Å². The number of hydrogen-bond acceptors (Lipinski definition) is 4. The number of benzene rings is 1. The highest BCUT2D eigenvalue weighted by Gasteiger charge is 2.41. The SMILES string of the molecule is CCc1cc(C(=O)N2C[C@@H](C(=O)O)[C@H](c3ccccc3OC)C2)cs1. The summed E-state index contributed by atoms with van der Waals surface area (Å²) in [6.07, 6.45) is 0.888. The van der Waals surface area contributed by atoms with Gasteiger partial charge in [-0.15, -0.1) is 11.3 Å². The van der Waals surface area contributed by atoms with Crippen LogP contribution in [0.25, 0.3) is 0 Å². The number of carbonyl (C=O) groups excluding carboxylic acids is 1. The maximum absolute atomic E-state index is 12.8. The van der Waals surface area contributed by atoms with E-state index in [0.29, 0.717) is 17.9 Å². The standard InChI is InChI=1S/C19H21NO4S/c1-3-13-8-12(11-25-13)18(21)20-9-15(16(10-20)19(22)23)14-6-4-5-7-17(14)24-2/h4-8,11,15-16H,3,9-10H2,1-2H3,(H,22,23)/t15-,16+/m0/s1. The smallest absolute Gasteiger partial charge is 0.308 e. The van der Waals surface area contributed by atoms with Crippen LogP contribution in [0.1, 0.15) is 33.6 Å². The van der Waals surface area contributed by atoms with Gasteiger partial charge < -0.3 is 14.7 Å². The van der Waals surface area contributed by atoms with Gasteiger partial charge in [0.05, 0.1) is 18.6 Å². The van der Waals surface area contributed by atoms with E-state index in [0.717, 1.165) is 16.9 Å². The van der Waals surface area contributed by atoms with Crippen LogP contribution in [-0.2, 0) is 11.2 Å². The number of carbonyl (C=O) groups is 2. The fraction of sp³-hybridized carbons (Fsp3) is 0.368. The van der Waals surface area contributed by atoms with Crippen LogP contribution in [0.15, 0.2) is 35.7 Å². The Morgan fingerprint density at radius 1 is 1.32 bits per heavy atom. The van der Waals surface area contributed by atoms with Gasteiger partial charge >= 0.3 is 5.97 Å². The third kappa shape index (κ3) is 3.39. The number of rotatable bonds is 5. The summed E-state index contributed by atoms with van der Waals surface area (Å²) in [6, 6.07) is 9.33. The lowest BCUT2D eigenvalue weighted by atomic mass is 9.88. The summed E-state index contributed by atoms with van der Waals surface area (Å²) in [5, 5.41) is 11.5. The van der Waals surface area contributed by atoms with Crippen LogP contribution in [0.5, 0.6) is 5.75 Å². The first-order valence-corrected chi connectivity index (χ1v) is 9.15. The van der Waals surface area contributed by atoms with Gasteiger partial charge in [-0.05, 0) is 24.1 Å². The molecule has 1 N–H and O–H groups in total. The van der Waals surface area contributed by atoms with Crippen LogP contribution >= 0.6 is 11.3 Å². The minimum absolute atomic E-state index is 0.0976. The molecule has 1 aromatic carbocycles. The van der Waals surface area contributed by atoms with Crippen LogP contribution < -0.4 is 4.74 Å². The summed E-state index contributed by atoms with van der Waals surface area (Å²) >= 11 is 1.56. The van der Waals surface area contributed by atoms with Crippen molar-refractivity contribution in [3.63, 3.8) is 0 Å². The summed E-state index contributed by atoms with van der Waals surface area (Å²) in [5.41, 5.74) is 1.49. The third-order valence-corrected chi connectivity index (χ3v) is 5.79. The van der Waals surface area contributed by atoms with Crippen molar-refractivity contribution >= 4 is 23.2 Å². The zero-order chi connectivity index (χ0) is 18.0. The van der Waals surface area contributed by atoms with E-state index in [1.54, 1.807) is 23.3 Å². The Kier molecular flexibility index (Phi) is 5.08. The molecule has 1 amide bonds. The molecule has 1 aromatic heterocycles. The number of methoxy groups -OCH3 is 1. The van der Waals surface area contributed by atoms with Gasteiger partial charge in [-0.1, -0.05) is 25.1 Å². The monoisotopic (exact) mass is 359 g/mol. The van der Waals surface area contributed by atoms with Gasteiger partial charge in [-0.3, -0.25) is 9.59 Å². The molecule has 1 fully saturated rings. The average Bonchev–Trinajstić information content (AvgIpc) is 3.28. The number of thiophene rings is 1. The molecule has 2 heterocycles. The normalized spacial score (nSPS) is 19.8. The topological polar surface area (TPSA) is 66.8 Å². The molecule has 0 bridgehead atoms. The van der Waals surface area contributed by atoms with E-state index in [1.165, 1.54) is 0 Å². The molecule has 2 aromatic rings. The molecule has 0 radical (unpaired) electrons. The maximum atomic E-state index is 12.8. The van der Waals surface area contributed by atoms with Gasteiger partial charge in [0.1, 0.15) is 5.75 Å². The predicted octanol–water partition coefficient (Wildman–Crippen LogP) is 3.26. The molecule has 1 aliphatic rings. The van der Waals surface area contributed by atoms with E-state index in [9.17, 15) is 14.7 Å². The molecule has 0 aliphatic carbocycles. The Hall–Kier alpha value is -2.34. The summed E-state index contributed by atoms with van der Waals surface area (Å²) in [7, 11) is 1.57. The molecule has 2 atom stereocenters. The number of ether oxygens (including phenoxy) is 1. The predicted molar refractivity (Wildman–Crippen MR) is 96.5 cm³/mol. The number of aliphatic carboxylic acids is 1. The van der Waals surface area contributed by atoms with Crippen molar-refractivity contribution in [1.29, 1.82) is 0 Å². The first-order chi connectivity index (χ1) is 12.0. The summed E-state index contributed by atoms with van der Waals surface area (Å²) in [5.74, 6) is -1.23. The average molecular weight is 359 g/mol. The Balaban J connectivity index is 1.87. The first kappa shape index (κ1) is 17.5. The highest BCUT2D eigenvalue weighted by Crippen LogP contribution is 2.38. The fourth-order valence-electron chi connectivity index (χ4n) is 3.37. The molecule has 132 valence electrons. The number of likely N-dealkylation sites (tertiary alicyclic amines) is 1. The van der Waals surface area contributed by atoms with Gasteiger partial charge in [-0.2, -0.15) is 0 Å². The highest BCUT2D eigenvalue weighted by atomic mass is 32.1. The zero-order valence-corrected chi connectivity index (χ0v) is 15.1. The molecule has 1 aliphatic heterocycles. The van der Waals surface area contributed by atoms with E-state index in [4.69, 9.17) is 4.74 Å². The van der Waals surface area contributed by atoms with Crippen molar-refractivity contribution in [3.8, 4) is 5.75 Å². The number of nitrogens with zero attached hydrogens (tertiary/aromatic N) is 1. The van der Waals surface area contributed by atoms with E-state index in [-0.39, 0.29) is 18.4 Å². The van der Waals surface area contributed by atoms with Crippen molar-refractivity contribution in [1.82, 2.24) is 4.90 Å². The molecular formula is C19H21NO4S. The second-order valence-corrected chi connectivity index (χ2v) is 7.15. The van der Waals surface area contributed by atoms with Gasteiger partial charge in [0.15, 0.2) is 0 Å². The Bertz CT molecular complexity index is 785. The Labute approximate surface area is 150 Å². The van der Waals surface area contributed by atoms with Gasteiger partial charge in [0, 0.05) is 29.3 Å². The van der Waals surface area contributed by atoms with Crippen LogP contribution in [-0.4, -0.2) is 42.1 Å². The van der Waals surface area contributed by atoms with Gasteiger partial charge in [0.2, 0.25) is 0 Å². The van der Waals surface area contributed by atoms with Gasteiger partial charge in [-0.25, -0.2) is 0 Å². The Morgan fingerprint density at radius 3 is 2.72 bits per heavy atom. The molecule has 3 rings (SSSR count). The molecule has 1 saturated heterocycles. The molecule has 0 saturated carbocycles. The fourth-order valence-corrected chi connectivity index (χ4v) is 4.18. The van der Waals surface area contributed by atoms with Crippen LogP contribution in [0.4, 0.5) is 0 Å². The minimum atomic E-state index is -0.884. The number of amides is 1. The van der Waals surface area contributed by atoms with Crippen molar-refractivity contribution in [2.45, 2.75) is 19.3 Å². The van der Waals surface area contributed by atoms with E-state index in [1.807, 2.05) is 42.6 Å². The number of carboxylic acids is 1. The van der Waals surface area contributed by atoms with Crippen molar-refractivity contribution in [2.75, 3.05) is 20.2 Å². The molecule has 5 nitrogen and oxygen atoms in total. The van der Waals surface area contributed by atoms with Crippen LogP contribution in [0.2, 0.25) is 0 Å².